The van der Waals surface area contributed by atoms with Crippen LogP contribution in [0.5, 0.6) is 0 Å². The molecule has 0 heterocycles. The van der Waals surface area contributed by atoms with Gasteiger partial charge in [0.25, 0.3) is 0 Å². The van der Waals surface area contributed by atoms with E-state index in [1.54, 1.807) is 12.1 Å². The molecule has 0 spiro atoms. The molecule has 2 amide bonds. The molecule has 0 unspecified atom stereocenters. The first-order valence-electron chi connectivity index (χ1n) is 6.33. The van der Waals surface area contributed by atoms with Gasteiger partial charge in [-0.3, -0.25) is 0 Å². The lowest BCUT2D eigenvalue weighted by Gasteiger charge is -2.09. The summed E-state index contributed by atoms with van der Waals surface area (Å²) in [5.74, 6) is -1.05. The van der Waals surface area contributed by atoms with Crippen LogP contribution in [0, 0.1) is 0 Å². The summed E-state index contributed by atoms with van der Waals surface area (Å²) >= 11 is 3.15. The molecule has 0 atom stereocenters. The van der Waals surface area contributed by atoms with Crippen LogP contribution in [0.2, 0.25) is 0 Å². The van der Waals surface area contributed by atoms with E-state index < -0.39 is 5.97 Å². The van der Waals surface area contributed by atoms with Crippen LogP contribution >= 0.6 is 15.9 Å². The summed E-state index contributed by atoms with van der Waals surface area (Å²) < 4.78 is 0.474. The van der Waals surface area contributed by atoms with Gasteiger partial charge in [-0.25, -0.2) is 9.59 Å². The minimum Gasteiger partial charge on any atom is -0.478 e. The monoisotopic (exact) mass is 343 g/mol. The van der Waals surface area contributed by atoms with Crippen molar-refractivity contribution in [1.82, 2.24) is 10.6 Å². The molecule has 6 nitrogen and oxygen atoms in total. The van der Waals surface area contributed by atoms with Crippen LogP contribution in [0.4, 0.5) is 10.5 Å². The molecule has 7 heteroatoms. The summed E-state index contributed by atoms with van der Waals surface area (Å²) in [6.45, 7) is 4.33. The number of rotatable bonds is 7. The third kappa shape index (κ3) is 5.58. The van der Waals surface area contributed by atoms with Crippen molar-refractivity contribution < 1.29 is 14.7 Å². The number of hydrogen-bond acceptors (Lipinski definition) is 3. The maximum atomic E-state index is 11.6. The van der Waals surface area contributed by atoms with Crippen LogP contribution < -0.4 is 16.0 Å². The summed E-state index contributed by atoms with van der Waals surface area (Å²) in [7, 11) is 0. The van der Waals surface area contributed by atoms with Gasteiger partial charge in [0.2, 0.25) is 0 Å². The zero-order valence-electron chi connectivity index (χ0n) is 11.2. The van der Waals surface area contributed by atoms with Crippen LogP contribution in [0.3, 0.4) is 0 Å². The number of carboxylic acid groups (broad SMARTS) is 1. The number of benzene rings is 1. The van der Waals surface area contributed by atoms with Gasteiger partial charge in [0.1, 0.15) is 0 Å². The molecule has 110 valence electrons. The number of halogens is 1. The highest BCUT2D eigenvalue weighted by Crippen LogP contribution is 2.21. The second-order valence-electron chi connectivity index (χ2n) is 4.09. The molecule has 0 aliphatic heterocycles. The van der Waals surface area contributed by atoms with E-state index in [0.717, 1.165) is 19.5 Å². The summed E-state index contributed by atoms with van der Waals surface area (Å²) in [5, 5.41) is 17.4. The second kappa shape index (κ2) is 8.55. The van der Waals surface area contributed by atoms with Crippen LogP contribution in [-0.4, -0.2) is 36.7 Å². The predicted molar refractivity (Wildman–Crippen MR) is 81.3 cm³/mol. The molecule has 1 rings (SSSR count). The quantitative estimate of drug-likeness (QED) is 0.571. The molecule has 0 fully saturated rings. The molecular formula is C13H18BrN3O3. The molecular weight excluding hydrogens is 326 g/mol. The molecule has 4 N–H and O–H groups in total. The second-order valence-corrected chi connectivity index (χ2v) is 4.94. The molecule has 0 radical (unpaired) electrons. The Balaban J connectivity index is 2.46. The van der Waals surface area contributed by atoms with Crippen LogP contribution in [0.15, 0.2) is 22.7 Å². The molecule has 0 bridgehead atoms. The van der Waals surface area contributed by atoms with Crippen molar-refractivity contribution in [3.05, 3.63) is 28.2 Å². The Morgan fingerprint density at radius 2 is 2.05 bits per heavy atom. The van der Waals surface area contributed by atoms with Gasteiger partial charge in [-0.15, -0.1) is 0 Å². The minimum atomic E-state index is -1.05. The number of aromatic carboxylic acids is 1. The average molecular weight is 344 g/mol. The number of carboxylic acids is 1. The normalized spacial score (nSPS) is 10.1. The fourth-order valence-electron chi connectivity index (χ4n) is 1.53. The lowest BCUT2D eigenvalue weighted by Crippen LogP contribution is -2.31. The highest BCUT2D eigenvalue weighted by molar-refractivity contribution is 9.10. The molecule has 1 aromatic carbocycles. The number of anilines is 1. The number of amides is 2. The first kappa shape index (κ1) is 16.5. The standard InChI is InChI=1S/C13H18BrN3O3/c1-2-15-6-3-7-16-13(20)17-9-4-5-11(14)10(8-9)12(18)19/h4-5,8,15H,2-3,6-7H2,1H3,(H,18,19)(H2,16,17,20). The van der Waals surface area contributed by atoms with Gasteiger partial charge in [0.05, 0.1) is 5.56 Å². The number of carbonyl (C=O) groups excluding carboxylic acids is 1. The van der Waals surface area contributed by atoms with E-state index in [2.05, 4.69) is 31.9 Å². The van der Waals surface area contributed by atoms with Crippen molar-refractivity contribution in [3.8, 4) is 0 Å². The Morgan fingerprint density at radius 3 is 2.70 bits per heavy atom. The first-order chi connectivity index (χ1) is 9.54. The van der Waals surface area contributed by atoms with Gasteiger partial charge >= 0.3 is 12.0 Å². The van der Waals surface area contributed by atoms with Gasteiger partial charge in [-0.2, -0.15) is 0 Å². The Bertz CT molecular complexity index is 480. The van der Waals surface area contributed by atoms with Gasteiger partial charge in [-0.05, 0) is 53.6 Å². The lowest BCUT2D eigenvalue weighted by molar-refractivity contribution is 0.0696. The Morgan fingerprint density at radius 1 is 1.30 bits per heavy atom. The third-order valence-corrected chi connectivity index (χ3v) is 3.21. The summed E-state index contributed by atoms with van der Waals surface area (Å²) in [6.07, 6.45) is 0.835. The average Bonchev–Trinajstić information content (AvgIpc) is 2.40. The zero-order chi connectivity index (χ0) is 15.0. The number of carbonyl (C=O) groups is 2. The molecule has 0 aliphatic rings. The zero-order valence-corrected chi connectivity index (χ0v) is 12.8. The van der Waals surface area contributed by atoms with E-state index in [1.807, 2.05) is 6.92 Å². The van der Waals surface area contributed by atoms with Crippen molar-refractivity contribution in [3.63, 3.8) is 0 Å². The van der Waals surface area contributed by atoms with Crippen molar-refractivity contribution in [2.45, 2.75) is 13.3 Å². The van der Waals surface area contributed by atoms with Crippen LogP contribution in [0.25, 0.3) is 0 Å². The maximum Gasteiger partial charge on any atom is 0.336 e. The fraction of sp³-hybridized carbons (Fsp3) is 0.385. The fourth-order valence-corrected chi connectivity index (χ4v) is 1.95. The summed E-state index contributed by atoms with van der Waals surface area (Å²) in [5.41, 5.74) is 0.546. The predicted octanol–water partition coefficient (Wildman–Crippen LogP) is 2.27. The Labute approximate surface area is 126 Å². The molecule has 20 heavy (non-hydrogen) atoms. The summed E-state index contributed by atoms with van der Waals surface area (Å²) in [4.78, 5) is 22.6. The molecule has 0 aliphatic carbocycles. The smallest absolute Gasteiger partial charge is 0.336 e. The van der Waals surface area contributed by atoms with Gasteiger partial charge in [0, 0.05) is 16.7 Å². The molecule has 0 saturated carbocycles. The van der Waals surface area contributed by atoms with E-state index in [9.17, 15) is 9.59 Å². The molecule has 0 saturated heterocycles. The van der Waals surface area contributed by atoms with E-state index in [-0.39, 0.29) is 11.6 Å². The topological polar surface area (TPSA) is 90.5 Å². The van der Waals surface area contributed by atoms with E-state index in [1.165, 1.54) is 6.07 Å². The number of nitrogens with one attached hydrogen (secondary N) is 3. The van der Waals surface area contributed by atoms with Gasteiger partial charge < -0.3 is 21.1 Å². The van der Waals surface area contributed by atoms with E-state index in [0.29, 0.717) is 16.7 Å². The van der Waals surface area contributed by atoms with E-state index in [4.69, 9.17) is 5.11 Å². The first-order valence-corrected chi connectivity index (χ1v) is 7.12. The highest BCUT2D eigenvalue weighted by atomic mass is 79.9. The number of hydrogen-bond donors (Lipinski definition) is 4. The van der Waals surface area contributed by atoms with Crippen molar-refractivity contribution >= 4 is 33.6 Å². The van der Waals surface area contributed by atoms with Gasteiger partial charge in [0.15, 0.2) is 0 Å². The van der Waals surface area contributed by atoms with Crippen molar-refractivity contribution in [2.75, 3.05) is 25.0 Å². The Hall–Kier alpha value is -1.60. The molecule has 1 aromatic rings. The lowest BCUT2D eigenvalue weighted by atomic mass is 10.2. The largest absolute Gasteiger partial charge is 0.478 e. The SMILES string of the molecule is CCNCCCNC(=O)Nc1ccc(Br)c(C(=O)O)c1. The Kier molecular flexibility index (Phi) is 7.03. The van der Waals surface area contributed by atoms with Crippen molar-refractivity contribution in [1.29, 1.82) is 0 Å². The minimum absolute atomic E-state index is 0.106. The van der Waals surface area contributed by atoms with E-state index >= 15 is 0 Å². The highest BCUT2D eigenvalue weighted by Gasteiger charge is 2.10. The molecule has 0 aromatic heterocycles. The number of urea groups is 1. The third-order valence-electron chi connectivity index (χ3n) is 2.52. The van der Waals surface area contributed by atoms with Crippen LogP contribution in [-0.2, 0) is 0 Å². The van der Waals surface area contributed by atoms with Gasteiger partial charge in [-0.1, -0.05) is 6.92 Å². The maximum absolute atomic E-state index is 11.6. The summed E-state index contributed by atoms with van der Waals surface area (Å²) in [6, 6.07) is 4.28. The van der Waals surface area contributed by atoms with Crippen LogP contribution in [0.1, 0.15) is 23.7 Å². The van der Waals surface area contributed by atoms with Crippen molar-refractivity contribution in [2.24, 2.45) is 0 Å².